The Morgan fingerprint density at radius 2 is 1.60 bits per heavy atom. The van der Waals surface area contributed by atoms with Gasteiger partial charge in [0.2, 0.25) is 0 Å². The van der Waals surface area contributed by atoms with E-state index >= 15 is 0 Å². The molecule has 30 heavy (non-hydrogen) atoms. The number of hydrogen-bond donors (Lipinski definition) is 0. The van der Waals surface area contributed by atoms with Gasteiger partial charge in [0.25, 0.3) is 15.9 Å². The van der Waals surface area contributed by atoms with Crippen LogP contribution in [-0.2, 0) is 16.4 Å². The molecular weight excluding hydrogens is 441 g/mol. The Hall–Kier alpha value is -2.34. The highest BCUT2D eigenvalue weighted by molar-refractivity contribution is 7.93. The zero-order chi connectivity index (χ0) is 21.7. The number of unbranched alkanes of at least 4 members (excludes halogenated alkanes) is 1. The average Bonchev–Trinajstić information content (AvgIpc) is 2.73. The Bertz CT molecular complexity index is 1130. The van der Waals surface area contributed by atoms with Crippen molar-refractivity contribution in [3.63, 3.8) is 0 Å². The van der Waals surface area contributed by atoms with Gasteiger partial charge in [0, 0.05) is 5.02 Å². The molecule has 0 fully saturated rings. The fourth-order valence-electron chi connectivity index (χ4n) is 3.01. The SMILES string of the molecule is CCCCc1ccc(N(C(=O)c2ccc(Cl)cc2Cl)S(=O)(=O)c2ccccc2)cc1. The molecule has 0 aliphatic rings. The molecule has 0 aliphatic carbocycles. The third-order valence-corrected chi connectivity index (χ3v) is 6.89. The Labute approximate surface area is 187 Å². The summed E-state index contributed by atoms with van der Waals surface area (Å²) in [4.78, 5) is 13.4. The van der Waals surface area contributed by atoms with Crippen LogP contribution in [0.25, 0.3) is 0 Å². The van der Waals surface area contributed by atoms with Crippen molar-refractivity contribution < 1.29 is 13.2 Å². The van der Waals surface area contributed by atoms with Gasteiger partial charge in [0.15, 0.2) is 0 Å². The van der Waals surface area contributed by atoms with Crippen LogP contribution in [0.3, 0.4) is 0 Å². The number of benzene rings is 3. The monoisotopic (exact) mass is 461 g/mol. The van der Waals surface area contributed by atoms with Crippen LogP contribution >= 0.6 is 23.2 Å². The molecule has 0 heterocycles. The van der Waals surface area contributed by atoms with Crippen molar-refractivity contribution in [2.45, 2.75) is 31.1 Å². The molecule has 0 radical (unpaired) electrons. The van der Waals surface area contributed by atoms with Crippen LogP contribution in [0.15, 0.2) is 77.7 Å². The van der Waals surface area contributed by atoms with E-state index in [9.17, 15) is 13.2 Å². The number of amides is 1. The first-order valence-corrected chi connectivity index (χ1v) is 11.7. The molecule has 0 bridgehead atoms. The second-order valence-corrected chi connectivity index (χ2v) is 9.41. The zero-order valence-electron chi connectivity index (χ0n) is 16.4. The summed E-state index contributed by atoms with van der Waals surface area (Å²) in [5, 5.41) is 0.439. The van der Waals surface area contributed by atoms with E-state index in [0.717, 1.165) is 29.1 Å². The number of nitrogens with zero attached hydrogens (tertiary/aromatic N) is 1. The van der Waals surface area contributed by atoms with Crippen molar-refractivity contribution in [3.8, 4) is 0 Å². The van der Waals surface area contributed by atoms with Crippen LogP contribution in [0.4, 0.5) is 5.69 Å². The highest BCUT2D eigenvalue weighted by Gasteiger charge is 2.32. The number of halogens is 2. The summed E-state index contributed by atoms with van der Waals surface area (Å²) in [6.45, 7) is 2.11. The predicted octanol–water partition coefficient (Wildman–Crippen LogP) is 6.37. The maximum Gasteiger partial charge on any atom is 0.273 e. The molecule has 0 aromatic heterocycles. The maximum absolute atomic E-state index is 13.4. The highest BCUT2D eigenvalue weighted by atomic mass is 35.5. The second kappa shape index (κ2) is 9.65. The quantitative estimate of drug-likeness (QED) is 0.410. The summed E-state index contributed by atoms with van der Waals surface area (Å²) in [6.07, 6.45) is 2.98. The largest absolute Gasteiger partial charge is 0.273 e. The van der Waals surface area contributed by atoms with Gasteiger partial charge in [-0.15, -0.1) is 0 Å². The molecule has 0 unspecified atom stereocenters. The Morgan fingerprint density at radius 1 is 0.933 bits per heavy atom. The standard InChI is InChI=1S/C23H21Cl2NO3S/c1-2-3-7-17-10-13-19(14-11-17)26(30(28,29)20-8-5-4-6-9-20)23(27)21-15-12-18(24)16-22(21)25/h4-6,8-16H,2-3,7H2,1H3. The zero-order valence-corrected chi connectivity index (χ0v) is 18.7. The summed E-state index contributed by atoms with van der Waals surface area (Å²) in [5.41, 5.74) is 1.38. The van der Waals surface area contributed by atoms with Gasteiger partial charge in [-0.3, -0.25) is 4.79 Å². The Kier molecular flexibility index (Phi) is 7.19. The molecule has 156 valence electrons. The lowest BCUT2D eigenvalue weighted by molar-refractivity contribution is 0.101. The van der Waals surface area contributed by atoms with E-state index in [1.54, 1.807) is 30.3 Å². The van der Waals surface area contributed by atoms with E-state index in [0.29, 0.717) is 5.02 Å². The number of hydrogen-bond acceptors (Lipinski definition) is 3. The number of sulfonamides is 1. The van der Waals surface area contributed by atoms with Gasteiger partial charge in [0.1, 0.15) is 0 Å². The summed E-state index contributed by atoms with van der Waals surface area (Å²) >= 11 is 12.1. The van der Waals surface area contributed by atoms with Crippen molar-refractivity contribution in [1.29, 1.82) is 0 Å². The number of anilines is 1. The first-order valence-electron chi connectivity index (χ1n) is 9.53. The van der Waals surface area contributed by atoms with Gasteiger partial charge in [-0.1, -0.05) is 66.9 Å². The van der Waals surface area contributed by atoms with Crippen molar-refractivity contribution in [2.24, 2.45) is 0 Å². The summed E-state index contributed by atoms with van der Waals surface area (Å²) in [5.74, 6) is -0.748. The molecule has 3 rings (SSSR count). The molecule has 7 heteroatoms. The van der Waals surface area contributed by atoms with Gasteiger partial charge in [-0.05, 0) is 60.9 Å². The van der Waals surface area contributed by atoms with Gasteiger partial charge in [-0.25, -0.2) is 8.42 Å². The topological polar surface area (TPSA) is 54.5 Å². The van der Waals surface area contributed by atoms with Crippen molar-refractivity contribution in [3.05, 3.63) is 94.0 Å². The van der Waals surface area contributed by atoms with Crippen LogP contribution in [0.5, 0.6) is 0 Å². The molecule has 0 saturated heterocycles. The van der Waals surface area contributed by atoms with E-state index in [1.807, 2.05) is 12.1 Å². The fourth-order valence-corrected chi connectivity index (χ4v) is 4.93. The molecule has 3 aromatic rings. The molecule has 0 saturated carbocycles. The molecule has 0 spiro atoms. The lowest BCUT2D eigenvalue weighted by atomic mass is 10.1. The number of rotatable bonds is 7. The third-order valence-electron chi connectivity index (χ3n) is 4.62. The van der Waals surface area contributed by atoms with Gasteiger partial charge < -0.3 is 0 Å². The summed E-state index contributed by atoms with van der Waals surface area (Å²) in [6, 6.07) is 19.2. The molecule has 0 N–H and O–H groups in total. The van der Waals surface area contributed by atoms with Crippen LogP contribution in [-0.4, -0.2) is 14.3 Å². The first-order chi connectivity index (χ1) is 14.3. The Balaban J connectivity index is 2.10. The van der Waals surface area contributed by atoms with E-state index in [1.165, 1.54) is 30.3 Å². The summed E-state index contributed by atoms with van der Waals surface area (Å²) < 4.78 is 27.6. The molecular formula is C23H21Cl2NO3S. The number of carbonyl (C=O) groups is 1. The first kappa shape index (κ1) is 22.3. The maximum atomic E-state index is 13.4. The van der Waals surface area contributed by atoms with Gasteiger partial charge >= 0.3 is 0 Å². The molecule has 1 amide bonds. The Morgan fingerprint density at radius 3 is 2.20 bits per heavy atom. The number of aryl methyl sites for hydroxylation is 1. The minimum Gasteiger partial charge on any atom is -0.268 e. The van der Waals surface area contributed by atoms with E-state index in [-0.39, 0.29) is 21.2 Å². The molecule has 0 atom stereocenters. The lowest BCUT2D eigenvalue weighted by Gasteiger charge is -2.23. The molecule has 3 aromatic carbocycles. The average molecular weight is 462 g/mol. The minimum absolute atomic E-state index is 0.0125. The van der Waals surface area contributed by atoms with Crippen molar-refractivity contribution in [1.82, 2.24) is 0 Å². The van der Waals surface area contributed by atoms with Gasteiger partial charge in [-0.2, -0.15) is 4.31 Å². The van der Waals surface area contributed by atoms with Crippen LogP contribution in [0, 0.1) is 0 Å². The van der Waals surface area contributed by atoms with E-state index in [4.69, 9.17) is 23.2 Å². The summed E-state index contributed by atoms with van der Waals surface area (Å²) in [7, 11) is -4.17. The van der Waals surface area contributed by atoms with E-state index < -0.39 is 15.9 Å². The van der Waals surface area contributed by atoms with E-state index in [2.05, 4.69) is 6.92 Å². The van der Waals surface area contributed by atoms with Crippen molar-refractivity contribution >= 4 is 44.8 Å². The third kappa shape index (κ3) is 4.86. The van der Waals surface area contributed by atoms with Crippen LogP contribution in [0.1, 0.15) is 35.7 Å². The van der Waals surface area contributed by atoms with Crippen molar-refractivity contribution in [2.75, 3.05) is 4.31 Å². The smallest absolute Gasteiger partial charge is 0.268 e. The highest BCUT2D eigenvalue weighted by Crippen LogP contribution is 2.30. The van der Waals surface area contributed by atoms with Crippen LogP contribution in [0.2, 0.25) is 10.0 Å². The lowest BCUT2D eigenvalue weighted by Crippen LogP contribution is -2.37. The van der Waals surface area contributed by atoms with Crippen LogP contribution < -0.4 is 4.31 Å². The predicted molar refractivity (Wildman–Crippen MR) is 122 cm³/mol. The minimum atomic E-state index is -4.17. The molecule has 4 nitrogen and oxygen atoms in total. The normalized spacial score (nSPS) is 11.3. The fraction of sp³-hybridized carbons (Fsp3) is 0.174. The second-order valence-electron chi connectivity index (χ2n) is 6.78. The molecule has 0 aliphatic heterocycles. The number of carbonyl (C=O) groups excluding carboxylic acids is 1. The van der Waals surface area contributed by atoms with Gasteiger partial charge in [0.05, 0.1) is 21.2 Å².